The molecule has 1 heterocycles. The molecule has 0 bridgehead atoms. The molecular weight excluding hydrogens is 276 g/mol. The highest BCUT2D eigenvalue weighted by atomic mass is 32.2. The van der Waals surface area contributed by atoms with Gasteiger partial charge >= 0.3 is 0 Å². The number of anilines is 2. The molecule has 7 heteroatoms. The predicted octanol–water partition coefficient (Wildman–Crippen LogP) is 1.06. The number of sulfone groups is 1. The number of nitrogen functional groups attached to an aromatic ring is 1. The third kappa shape index (κ3) is 3.30. The quantitative estimate of drug-likeness (QED) is 0.805. The van der Waals surface area contributed by atoms with E-state index in [0.717, 1.165) is 18.4 Å². The summed E-state index contributed by atoms with van der Waals surface area (Å²) in [6.07, 6.45) is 3.77. The van der Waals surface area contributed by atoms with Gasteiger partial charge in [0.15, 0.2) is 9.84 Å². The number of hydrogen-bond acceptors (Lipinski definition) is 5. The molecule has 0 aliphatic heterocycles. The van der Waals surface area contributed by atoms with Crippen LogP contribution in [0.1, 0.15) is 5.69 Å². The second-order valence-corrected chi connectivity index (χ2v) is 6.63. The van der Waals surface area contributed by atoms with Crippen molar-refractivity contribution < 1.29 is 8.42 Å². The van der Waals surface area contributed by atoms with E-state index >= 15 is 0 Å². The Kier molecular flexibility index (Phi) is 3.99. The highest BCUT2D eigenvalue weighted by Gasteiger charge is 2.13. The Balaban J connectivity index is 2.07. The van der Waals surface area contributed by atoms with Gasteiger partial charge in [-0.25, -0.2) is 8.42 Å². The maximum absolute atomic E-state index is 11.6. The fourth-order valence-corrected chi connectivity index (χ4v) is 2.78. The van der Waals surface area contributed by atoms with Gasteiger partial charge in [-0.2, -0.15) is 5.10 Å². The van der Waals surface area contributed by atoms with Crippen molar-refractivity contribution >= 4 is 21.2 Å². The van der Waals surface area contributed by atoms with Crippen LogP contribution >= 0.6 is 0 Å². The summed E-state index contributed by atoms with van der Waals surface area (Å²) >= 11 is 0. The molecule has 2 rings (SSSR count). The maximum atomic E-state index is 11.6. The lowest BCUT2D eigenvalue weighted by Crippen LogP contribution is -2.10. The summed E-state index contributed by atoms with van der Waals surface area (Å²) in [5, 5.41) is 7.42. The van der Waals surface area contributed by atoms with Gasteiger partial charge in [0.2, 0.25) is 0 Å². The molecule has 0 spiro atoms. The number of nitrogens with two attached hydrogens (primary N) is 1. The first-order valence-corrected chi connectivity index (χ1v) is 8.08. The van der Waals surface area contributed by atoms with E-state index in [2.05, 4.69) is 10.4 Å². The first kappa shape index (κ1) is 14.4. The molecule has 20 heavy (non-hydrogen) atoms. The van der Waals surface area contributed by atoms with Crippen molar-refractivity contribution in [1.29, 1.82) is 0 Å². The monoisotopic (exact) mass is 294 g/mol. The summed E-state index contributed by atoms with van der Waals surface area (Å²) in [5.41, 5.74) is 7.75. The summed E-state index contributed by atoms with van der Waals surface area (Å²) in [6, 6.07) is 6.89. The summed E-state index contributed by atoms with van der Waals surface area (Å²) < 4.78 is 24.9. The lowest BCUT2D eigenvalue weighted by atomic mass is 10.2. The van der Waals surface area contributed by atoms with E-state index < -0.39 is 9.84 Å². The number of aromatic nitrogens is 2. The van der Waals surface area contributed by atoms with Crippen molar-refractivity contribution in [3.05, 3.63) is 36.2 Å². The molecule has 0 aliphatic rings. The maximum Gasteiger partial charge on any atom is 0.177 e. The van der Waals surface area contributed by atoms with Crippen LogP contribution in [0.4, 0.5) is 11.4 Å². The molecule has 0 fully saturated rings. The molecule has 2 aromatic rings. The Morgan fingerprint density at radius 1 is 1.35 bits per heavy atom. The number of para-hydroxylation sites is 1. The molecule has 1 aromatic carbocycles. The van der Waals surface area contributed by atoms with Gasteiger partial charge in [-0.05, 0) is 18.2 Å². The number of hydrogen-bond donors (Lipinski definition) is 2. The van der Waals surface area contributed by atoms with E-state index in [1.165, 1.54) is 6.07 Å². The summed E-state index contributed by atoms with van der Waals surface area (Å²) in [7, 11) is -1.44. The van der Waals surface area contributed by atoms with Crippen LogP contribution in [0.15, 0.2) is 35.4 Å². The van der Waals surface area contributed by atoms with Gasteiger partial charge in [-0.3, -0.25) is 4.68 Å². The Hall–Kier alpha value is -2.02. The average Bonchev–Trinajstić information content (AvgIpc) is 2.76. The van der Waals surface area contributed by atoms with E-state index in [9.17, 15) is 8.42 Å². The zero-order valence-corrected chi connectivity index (χ0v) is 12.3. The third-order valence-electron chi connectivity index (χ3n) is 2.93. The van der Waals surface area contributed by atoms with Crippen LogP contribution in [0.2, 0.25) is 0 Å². The molecule has 0 saturated carbocycles. The van der Waals surface area contributed by atoms with Crippen LogP contribution in [0, 0.1) is 0 Å². The molecule has 3 N–H and O–H groups in total. The molecule has 0 unspecified atom stereocenters. The lowest BCUT2D eigenvalue weighted by Gasteiger charge is -2.11. The minimum absolute atomic E-state index is 0.153. The topological polar surface area (TPSA) is 90.0 Å². The van der Waals surface area contributed by atoms with Crippen LogP contribution in [0.25, 0.3) is 0 Å². The first-order valence-electron chi connectivity index (χ1n) is 6.19. The molecule has 6 nitrogen and oxygen atoms in total. The molecular formula is C13H18N4O2S. The van der Waals surface area contributed by atoms with Gasteiger partial charge in [0.25, 0.3) is 0 Å². The SMILES string of the molecule is Cn1ccc(CCNc2cccc(S(C)(=O)=O)c2N)n1. The number of nitrogens with one attached hydrogen (secondary N) is 1. The fourth-order valence-electron chi connectivity index (χ4n) is 1.94. The van der Waals surface area contributed by atoms with Crippen molar-refractivity contribution in [2.45, 2.75) is 11.3 Å². The van der Waals surface area contributed by atoms with Gasteiger partial charge in [-0.1, -0.05) is 6.07 Å². The van der Waals surface area contributed by atoms with E-state index in [1.807, 2.05) is 19.3 Å². The zero-order valence-electron chi connectivity index (χ0n) is 11.5. The lowest BCUT2D eigenvalue weighted by molar-refractivity contribution is 0.602. The Bertz CT molecular complexity index is 707. The highest BCUT2D eigenvalue weighted by Crippen LogP contribution is 2.26. The van der Waals surface area contributed by atoms with Crippen molar-refractivity contribution in [2.24, 2.45) is 7.05 Å². The normalized spacial score (nSPS) is 11.5. The van der Waals surface area contributed by atoms with Crippen molar-refractivity contribution in [2.75, 3.05) is 23.9 Å². The summed E-state index contributed by atoms with van der Waals surface area (Å²) in [5.74, 6) is 0. The smallest absolute Gasteiger partial charge is 0.177 e. The van der Waals surface area contributed by atoms with E-state index in [1.54, 1.807) is 16.8 Å². The Labute approximate surface area is 118 Å². The van der Waals surface area contributed by atoms with E-state index in [-0.39, 0.29) is 10.6 Å². The minimum atomic E-state index is -3.31. The predicted molar refractivity (Wildman–Crippen MR) is 79.4 cm³/mol. The Morgan fingerprint density at radius 2 is 2.10 bits per heavy atom. The van der Waals surface area contributed by atoms with Crippen LogP contribution < -0.4 is 11.1 Å². The van der Waals surface area contributed by atoms with Crippen LogP contribution in [-0.2, 0) is 23.3 Å². The molecule has 108 valence electrons. The largest absolute Gasteiger partial charge is 0.396 e. The number of nitrogens with zero attached hydrogens (tertiary/aromatic N) is 2. The van der Waals surface area contributed by atoms with Gasteiger partial charge < -0.3 is 11.1 Å². The third-order valence-corrected chi connectivity index (χ3v) is 4.09. The Morgan fingerprint density at radius 3 is 2.70 bits per heavy atom. The number of aryl methyl sites for hydroxylation is 1. The summed E-state index contributed by atoms with van der Waals surface area (Å²) in [4.78, 5) is 0.153. The molecule has 1 aromatic heterocycles. The van der Waals surface area contributed by atoms with E-state index in [4.69, 9.17) is 5.73 Å². The number of rotatable bonds is 5. The standard InChI is InChI=1S/C13H18N4O2S/c1-17-9-7-10(16-17)6-8-15-11-4-3-5-12(13(11)14)20(2,18)19/h3-5,7,9,15H,6,8,14H2,1-2H3. The van der Waals surface area contributed by atoms with Crippen LogP contribution in [0.5, 0.6) is 0 Å². The van der Waals surface area contributed by atoms with Crippen molar-refractivity contribution in [3.63, 3.8) is 0 Å². The highest BCUT2D eigenvalue weighted by molar-refractivity contribution is 7.90. The molecule has 0 radical (unpaired) electrons. The van der Waals surface area contributed by atoms with Crippen molar-refractivity contribution in [3.8, 4) is 0 Å². The van der Waals surface area contributed by atoms with Crippen LogP contribution in [0.3, 0.4) is 0 Å². The minimum Gasteiger partial charge on any atom is -0.396 e. The van der Waals surface area contributed by atoms with Gasteiger partial charge in [0.05, 0.1) is 22.0 Å². The average molecular weight is 294 g/mol. The van der Waals surface area contributed by atoms with Gasteiger partial charge in [-0.15, -0.1) is 0 Å². The van der Waals surface area contributed by atoms with Crippen LogP contribution in [-0.4, -0.2) is 31.0 Å². The van der Waals surface area contributed by atoms with Gasteiger partial charge in [0.1, 0.15) is 0 Å². The molecule has 0 atom stereocenters. The number of benzene rings is 1. The van der Waals surface area contributed by atoms with Gasteiger partial charge in [0, 0.05) is 32.5 Å². The molecule has 0 aliphatic carbocycles. The van der Waals surface area contributed by atoms with E-state index in [0.29, 0.717) is 12.2 Å². The molecule has 0 saturated heterocycles. The first-order chi connectivity index (χ1) is 9.38. The molecule has 0 amide bonds. The second kappa shape index (κ2) is 5.54. The second-order valence-electron chi connectivity index (χ2n) is 4.65. The summed E-state index contributed by atoms with van der Waals surface area (Å²) in [6.45, 7) is 0.633. The van der Waals surface area contributed by atoms with Crippen molar-refractivity contribution in [1.82, 2.24) is 9.78 Å². The fraction of sp³-hybridized carbons (Fsp3) is 0.308. The zero-order chi connectivity index (χ0) is 14.8.